The molecule has 6 heteroatoms. The van der Waals surface area contributed by atoms with E-state index in [0.717, 1.165) is 18.2 Å². The first kappa shape index (κ1) is 17.5. The van der Waals surface area contributed by atoms with Gasteiger partial charge in [0, 0.05) is 6.26 Å². The molecule has 1 aliphatic rings. The summed E-state index contributed by atoms with van der Waals surface area (Å²) in [5.41, 5.74) is 0.643. The van der Waals surface area contributed by atoms with Crippen molar-refractivity contribution in [2.45, 2.75) is 44.1 Å². The van der Waals surface area contributed by atoms with Crippen LogP contribution >= 0.6 is 0 Å². The molecule has 1 aromatic carbocycles. The van der Waals surface area contributed by atoms with Crippen molar-refractivity contribution in [2.24, 2.45) is 0 Å². The van der Waals surface area contributed by atoms with Crippen molar-refractivity contribution in [1.82, 2.24) is 0 Å². The first-order valence-corrected chi connectivity index (χ1v) is 9.53. The highest BCUT2D eigenvalue weighted by molar-refractivity contribution is 7.90. The molecule has 0 amide bonds. The van der Waals surface area contributed by atoms with E-state index in [1.807, 2.05) is 20.8 Å². The minimum Gasteiger partial charge on any atom is -0.486 e. The Morgan fingerprint density at radius 1 is 1.17 bits per heavy atom. The third-order valence-electron chi connectivity index (χ3n) is 3.96. The second-order valence-electron chi connectivity index (χ2n) is 5.82. The van der Waals surface area contributed by atoms with Crippen LogP contribution in [-0.2, 0) is 24.1 Å². The second-order valence-corrected chi connectivity index (χ2v) is 7.84. The van der Waals surface area contributed by atoms with Gasteiger partial charge in [-0.2, -0.15) is 0 Å². The van der Waals surface area contributed by atoms with Gasteiger partial charge in [0.25, 0.3) is 0 Å². The molecule has 0 radical (unpaired) electrons. The molecule has 2 rings (SSSR count). The van der Waals surface area contributed by atoms with Crippen molar-refractivity contribution < 1.29 is 22.7 Å². The molecule has 23 heavy (non-hydrogen) atoms. The van der Waals surface area contributed by atoms with Crippen LogP contribution in [0.3, 0.4) is 0 Å². The summed E-state index contributed by atoms with van der Waals surface area (Å²) in [7, 11) is -3.26. The molecule has 0 aromatic heterocycles. The van der Waals surface area contributed by atoms with Crippen molar-refractivity contribution in [2.75, 3.05) is 12.9 Å². The lowest BCUT2D eigenvalue weighted by atomic mass is 9.88. The van der Waals surface area contributed by atoms with Gasteiger partial charge < -0.3 is 9.47 Å². The molecule has 0 bridgehead atoms. The van der Waals surface area contributed by atoms with E-state index in [-0.39, 0.29) is 10.7 Å². The average Bonchev–Trinajstić information content (AvgIpc) is 2.75. The zero-order valence-electron chi connectivity index (χ0n) is 13.9. The maximum atomic E-state index is 12.2. The van der Waals surface area contributed by atoms with Gasteiger partial charge in [-0.3, -0.25) is 0 Å². The summed E-state index contributed by atoms with van der Waals surface area (Å²) in [5.74, 6) is -0.242. The van der Waals surface area contributed by atoms with Crippen LogP contribution in [0.4, 0.5) is 0 Å². The molecule has 0 fully saturated rings. The van der Waals surface area contributed by atoms with Crippen molar-refractivity contribution in [3.05, 3.63) is 35.6 Å². The van der Waals surface area contributed by atoms with Gasteiger partial charge in [-0.05, 0) is 37.5 Å². The van der Waals surface area contributed by atoms with Crippen LogP contribution < -0.4 is 0 Å². The van der Waals surface area contributed by atoms with Gasteiger partial charge in [-0.25, -0.2) is 13.2 Å². The van der Waals surface area contributed by atoms with Gasteiger partial charge in [-0.1, -0.05) is 26.0 Å². The fourth-order valence-electron chi connectivity index (χ4n) is 2.53. The quantitative estimate of drug-likeness (QED) is 0.746. The molecule has 1 aliphatic heterocycles. The van der Waals surface area contributed by atoms with Crippen molar-refractivity contribution >= 4 is 21.4 Å². The van der Waals surface area contributed by atoms with Crippen LogP contribution in [0.5, 0.6) is 0 Å². The van der Waals surface area contributed by atoms with Crippen molar-refractivity contribution in [3.63, 3.8) is 0 Å². The zero-order valence-corrected chi connectivity index (χ0v) is 14.7. The van der Waals surface area contributed by atoms with Gasteiger partial charge in [0.1, 0.15) is 5.60 Å². The molecule has 1 aromatic rings. The van der Waals surface area contributed by atoms with Gasteiger partial charge in [0.05, 0.1) is 17.1 Å². The lowest BCUT2D eigenvalue weighted by Crippen LogP contribution is -2.26. The molecular weight excluding hydrogens is 316 g/mol. The molecular formula is C17H22O5S. The molecule has 126 valence electrons. The van der Waals surface area contributed by atoms with E-state index in [2.05, 4.69) is 0 Å². The maximum absolute atomic E-state index is 12.2. The molecule has 0 aliphatic carbocycles. The Morgan fingerprint density at radius 3 is 2.26 bits per heavy atom. The molecule has 0 saturated heterocycles. The Balaban J connectivity index is 2.53. The van der Waals surface area contributed by atoms with Crippen LogP contribution in [0.15, 0.2) is 34.9 Å². The standard InChI is InChI=1S/C17H22O5S/c1-5-11-21-15-14(17(3,6-2)22-16(15)18)12-7-9-13(10-8-12)23(4,19)20/h7-10H,5-6,11H2,1-4H3. The number of rotatable bonds is 6. The minimum absolute atomic E-state index is 0.225. The number of carbonyl (C=O) groups excluding carboxylic acids is 1. The normalized spacial score (nSPS) is 21.5. The number of sulfone groups is 1. The van der Waals surface area contributed by atoms with E-state index in [1.54, 1.807) is 12.1 Å². The molecule has 1 heterocycles. The van der Waals surface area contributed by atoms with Gasteiger partial charge >= 0.3 is 5.97 Å². The zero-order chi connectivity index (χ0) is 17.3. The fraction of sp³-hybridized carbons (Fsp3) is 0.471. The Hall–Kier alpha value is -1.82. The average molecular weight is 338 g/mol. The number of hydrogen-bond donors (Lipinski definition) is 0. The van der Waals surface area contributed by atoms with Crippen molar-refractivity contribution in [3.8, 4) is 0 Å². The first-order chi connectivity index (χ1) is 10.7. The second kappa shape index (κ2) is 6.35. The minimum atomic E-state index is -3.26. The number of ether oxygens (including phenoxy) is 2. The van der Waals surface area contributed by atoms with E-state index in [9.17, 15) is 13.2 Å². The predicted molar refractivity (Wildman–Crippen MR) is 87.5 cm³/mol. The molecule has 0 N–H and O–H groups in total. The highest BCUT2D eigenvalue weighted by Gasteiger charge is 2.44. The fourth-order valence-corrected chi connectivity index (χ4v) is 3.16. The summed E-state index contributed by atoms with van der Waals surface area (Å²) >= 11 is 0. The van der Waals surface area contributed by atoms with Crippen LogP contribution in [-0.4, -0.2) is 32.9 Å². The van der Waals surface area contributed by atoms with E-state index in [1.165, 1.54) is 12.1 Å². The smallest absolute Gasteiger partial charge is 0.374 e. The van der Waals surface area contributed by atoms with Crippen LogP contribution in [0.1, 0.15) is 39.2 Å². The highest BCUT2D eigenvalue weighted by Crippen LogP contribution is 2.42. The number of esters is 1. The van der Waals surface area contributed by atoms with E-state index in [0.29, 0.717) is 18.6 Å². The summed E-state index contributed by atoms with van der Waals surface area (Å²) in [6, 6.07) is 6.45. The van der Waals surface area contributed by atoms with E-state index >= 15 is 0 Å². The SMILES string of the molecule is CCCOC1=C(c2ccc(S(C)(=O)=O)cc2)C(C)(CC)OC1=O. The van der Waals surface area contributed by atoms with Gasteiger partial charge in [0.2, 0.25) is 5.76 Å². The number of cyclic esters (lactones) is 1. The summed E-state index contributed by atoms with van der Waals surface area (Å²) < 4.78 is 34.3. The lowest BCUT2D eigenvalue weighted by Gasteiger charge is -2.24. The summed E-state index contributed by atoms with van der Waals surface area (Å²) in [5, 5.41) is 0. The Labute approximate surface area is 137 Å². The summed E-state index contributed by atoms with van der Waals surface area (Å²) in [4.78, 5) is 12.4. The summed E-state index contributed by atoms with van der Waals surface area (Å²) in [6.45, 7) is 6.16. The molecule has 5 nitrogen and oxygen atoms in total. The van der Waals surface area contributed by atoms with Crippen LogP contribution in [0.2, 0.25) is 0 Å². The van der Waals surface area contributed by atoms with Crippen LogP contribution in [0, 0.1) is 0 Å². The molecule has 0 spiro atoms. The molecule has 1 atom stereocenters. The summed E-state index contributed by atoms with van der Waals surface area (Å²) in [6.07, 6.45) is 2.54. The maximum Gasteiger partial charge on any atom is 0.374 e. The third kappa shape index (κ3) is 3.42. The predicted octanol–water partition coefficient (Wildman–Crippen LogP) is 2.95. The Kier molecular flexibility index (Phi) is 4.84. The van der Waals surface area contributed by atoms with E-state index in [4.69, 9.17) is 9.47 Å². The van der Waals surface area contributed by atoms with Gasteiger partial charge in [0.15, 0.2) is 9.84 Å². The number of benzene rings is 1. The monoisotopic (exact) mass is 338 g/mol. The Bertz CT molecular complexity index is 731. The molecule has 0 saturated carbocycles. The van der Waals surface area contributed by atoms with Crippen LogP contribution in [0.25, 0.3) is 5.57 Å². The number of hydrogen-bond acceptors (Lipinski definition) is 5. The lowest BCUT2D eigenvalue weighted by molar-refractivity contribution is -0.148. The molecule has 1 unspecified atom stereocenters. The van der Waals surface area contributed by atoms with E-state index < -0.39 is 21.4 Å². The third-order valence-corrected chi connectivity index (χ3v) is 5.08. The number of carbonyl (C=O) groups is 1. The Morgan fingerprint density at radius 2 is 1.78 bits per heavy atom. The van der Waals surface area contributed by atoms with Crippen molar-refractivity contribution in [1.29, 1.82) is 0 Å². The topological polar surface area (TPSA) is 69.7 Å². The van der Waals surface area contributed by atoms with Gasteiger partial charge in [-0.15, -0.1) is 0 Å². The highest BCUT2D eigenvalue weighted by atomic mass is 32.2. The largest absolute Gasteiger partial charge is 0.486 e. The first-order valence-electron chi connectivity index (χ1n) is 7.64.